The second-order valence-corrected chi connectivity index (χ2v) is 6.04. The maximum atomic E-state index is 12.4. The Labute approximate surface area is 116 Å². The molecule has 0 saturated carbocycles. The number of rotatable bonds is 2. The molecule has 1 fully saturated rings. The van der Waals surface area contributed by atoms with E-state index in [-0.39, 0.29) is 26.9 Å². The molecule has 2 unspecified atom stereocenters. The van der Waals surface area contributed by atoms with Crippen molar-refractivity contribution in [2.75, 3.05) is 18.5 Å². The molecule has 1 aromatic heterocycles. The van der Waals surface area contributed by atoms with E-state index in [0.29, 0.717) is 18.9 Å². The van der Waals surface area contributed by atoms with E-state index in [9.17, 15) is 4.79 Å². The number of ether oxygens (including phenoxy) is 1. The first-order valence-corrected chi connectivity index (χ1v) is 7.50. The van der Waals surface area contributed by atoms with Gasteiger partial charge < -0.3 is 0 Å². The molecule has 1 aliphatic rings. The second-order valence-electron chi connectivity index (χ2n) is 4.93. The van der Waals surface area contributed by atoms with Crippen LogP contribution in [0.3, 0.4) is 0 Å². The predicted octanol–water partition coefficient (Wildman–Crippen LogP) is -0.0109. The molecule has 0 aliphatic carbocycles. The molecule has 2 atom stereocenters. The van der Waals surface area contributed by atoms with Gasteiger partial charge in [-0.15, -0.1) is 0 Å². The minimum absolute atomic E-state index is 0.111. The summed E-state index contributed by atoms with van der Waals surface area (Å²) in [6, 6.07) is 5.31. The van der Waals surface area contributed by atoms with Gasteiger partial charge in [-0.05, 0) is 0 Å². The fraction of sp³-hybridized carbons (Fsp3) is 0.417. The van der Waals surface area contributed by atoms with Crippen molar-refractivity contribution < 1.29 is 9.53 Å². The average molecular weight is 325 g/mol. The van der Waals surface area contributed by atoms with Crippen LogP contribution >= 0.6 is 0 Å². The van der Waals surface area contributed by atoms with Crippen molar-refractivity contribution in [2.24, 2.45) is 11.1 Å². The number of amides is 1. The Balaban J connectivity index is 1.89. The first-order chi connectivity index (χ1) is 9.11. The number of carbonyl (C=O) groups is 1. The summed E-state index contributed by atoms with van der Waals surface area (Å²) < 4.78 is 13.9. The number of carbonyl (C=O) groups excluding carboxylic acids is 1. The number of nitrogens with zero attached hydrogens (tertiary/aromatic N) is 2. The van der Waals surface area contributed by atoms with Crippen LogP contribution in [0.5, 0.6) is 0 Å². The summed E-state index contributed by atoms with van der Waals surface area (Å²) >= 11 is -0.111. The number of benzene rings is 1. The Kier molecular flexibility index (Phi) is 3.14. The minimum atomic E-state index is -0.691. The molecule has 0 spiro atoms. The first-order valence-electron chi connectivity index (χ1n) is 5.97. The molecular formula is C12H14N4O2Se. The van der Waals surface area contributed by atoms with Crippen molar-refractivity contribution in [3.8, 4) is 0 Å². The predicted molar refractivity (Wildman–Crippen MR) is 72.0 cm³/mol. The molecule has 1 aliphatic heterocycles. The summed E-state index contributed by atoms with van der Waals surface area (Å²) in [4.78, 5) is 12.4. The first kappa shape index (κ1) is 12.7. The molecule has 2 heterocycles. The average Bonchev–Trinajstić information content (AvgIpc) is 2.99. The van der Waals surface area contributed by atoms with Crippen molar-refractivity contribution in [1.29, 1.82) is 0 Å². The molecule has 2 aromatic rings. The van der Waals surface area contributed by atoms with E-state index in [0.717, 1.165) is 11.0 Å². The number of nitrogens with one attached hydrogen (secondary N) is 1. The van der Waals surface area contributed by atoms with Crippen LogP contribution in [0.25, 0.3) is 11.0 Å². The Morgan fingerprint density at radius 3 is 3.16 bits per heavy atom. The number of nitrogens with two attached hydrogens (primary N) is 1. The molecule has 3 N–H and O–H groups in total. The van der Waals surface area contributed by atoms with E-state index in [1.807, 2.05) is 25.1 Å². The Bertz CT molecular complexity index is 629. The van der Waals surface area contributed by atoms with Gasteiger partial charge in [0.25, 0.3) is 0 Å². The number of aromatic nitrogens is 2. The molecule has 6 nitrogen and oxygen atoms in total. The van der Waals surface area contributed by atoms with Gasteiger partial charge in [-0.3, -0.25) is 0 Å². The fourth-order valence-corrected chi connectivity index (χ4v) is 3.25. The van der Waals surface area contributed by atoms with Crippen molar-refractivity contribution in [3.05, 3.63) is 18.2 Å². The zero-order valence-electron chi connectivity index (χ0n) is 10.4. The van der Waals surface area contributed by atoms with Crippen molar-refractivity contribution >= 4 is 37.6 Å². The van der Waals surface area contributed by atoms with E-state index < -0.39 is 5.41 Å². The van der Waals surface area contributed by atoms with Gasteiger partial charge in [-0.2, -0.15) is 0 Å². The van der Waals surface area contributed by atoms with E-state index in [1.165, 1.54) is 0 Å². The summed E-state index contributed by atoms with van der Waals surface area (Å²) in [5, 5.41) is 2.91. The van der Waals surface area contributed by atoms with Crippen LogP contribution in [0, 0.1) is 5.41 Å². The third-order valence-corrected chi connectivity index (χ3v) is 4.71. The number of fused-ring (bicyclic) bond motifs is 1. The van der Waals surface area contributed by atoms with Crippen LogP contribution < -0.4 is 11.1 Å². The summed E-state index contributed by atoms with van der Waals surface area (Å²) in [5.74, 6) is -0.125. The molecule has 1 saturated heterocycles. The molecule has 0 bridgehead atoms. The van der Waals surface area contributed by atoms with E-state index in [4.69, 9.17) is 10.5 Å². The molecule has 3 rings (SSSR count). The quantitative estimate of drug-likeness (QED) is 0.758. The summed E-state index contributed by atoms with van der Waals surface area (Å²) in [6.45, 7) is 2.59. The molecule has 1 aromatic carbocycles. The van der Waals surface area contributed by atoms with Crippen LogP contribution in [-0.2, 0) is 9.53 Å². The Morgan fingerprint density at radius 2 is 2.42 bits per heavy atom. The monoisotopic (exact) mass is 326 g/mol. The molecule has 7 heteroatoms. The van der Waals surface area contributed by atoms with Crippen molar-refractivity contribution in [3.63, 3.8) is 0 Å². The Morgan fingerprint density at radius 1 is 1.58 bits per heavy atom. The molecule has 1 amide bonds. The van der Waals surface area contributed by atoms with Crippen molar-refractivity contribution in [1.82, 2.24) is 7.96 Å². The number of hydrogen-bond acceptors (Lipinski definition) is 5. The van der Waals surface area contributed by atoms with Crippen molar-refractivity contribution in [2.45, 2.75) is 13.0 Å². The molecule has 19 heavy (non-hydrogen) atoms. The summed E-state index contributed by atoms with van der Waals surface area (Å²) in [7, 11) is 0. The van der Waals surface area contributed by atoms with Crippen LogP contribution in [0.4, 0.5) is 5.69 Å². The number of hydrogen-bond donors (Lipinski definition) is 2. The van der Waals surface area contributed by atoms with Gasteiger partial charge in [0.05, 0.1) is 0 Å². The van der Waals surface area contributed by atoms with Gasteiger partial charge >= 0.3 is 116 Å². The van der Waals surface area contributed by atoms with Gasteiger partial charge in [0.1, 0.15) is 0 Å². The van der Waals surface area contributed by atoms with Gasteiger partial charge in [0.15, 0.2) is 0 Å². The Hall–Kier alpha value is -1.27. The number of anilines is 1. The van der Waals surface area contributed by atoms with Crippen LogP contribution in [0.15, 0.2) is 18.2 Å². The standard InChI is InChI=1S/C12H14N4O2Se/c1-12(6-18-5-9(12)13)11(17)14-7-3-2-4-8-10(7)16-19-15-8/h2-4,9H,5-6,13H2,1H3,(H,14,17). The zero-order valence-corrected chi connectivity index (χ0v) is 12.1. The SMILES string of the molecule is CC1(C(=O)Nc2cccc3n[se]nc23)COCC1N. The van der Waals surface area contributed by atoms with E-state index >= 15 is 0 Å². The van der Waals surface area contributed by atoms with Gasteiger partial charge in [-0.25, -0.2) is 0 Å². The summed E-state index contributed by atoms with van der Waals surface area (Å²) in [5.41, 5.74) is 7.58. The van der Waals surface area contributed by atoms with Crippen LogP contribution in [0.1, 0.15) is 6.92 Å². The van der Waals surface area contributed by atoms with Gasteiger partial charge in [-0.1, -0.05) is 0 Å². The van der Waals surface area contributed by atoms with Gasteiger partial charge in [0.2, 0.25) is 0 Å². The van der Waals surface area contributed by atoms with E-state index in [2.05, 4.69) is 13.3 Å². The fourth-order valence-electron chi connectivity index (χ4n) is 2.09. The van der Waals surface area contributed by atoms with Crippen LogP contribution in [-0.4, -0.2) is 48.1 Å². The zero-order chi connectivity index (χ0) is 13.5. The van der Waals surface area contributed by atoms with E-state index in [1.54, 1.807) is 0 Å². The second kappa shape index (κ2) is 4.68. The third kappa shape index (κ3) is 2.08. The normalized spacial score (nSPS) is 26.7. The summed E-state index contributed by atoms with van der Waals surface area (Å²) in [6.07, 6.45) is 0. The molecule has 0 radical (unpaired) electrons. The molecule has 100 valence electrons. The van der Waals surface area contributed by atoms with Crippen LogP contribution in [0.2, 0.25) is 0 Å². The molecular weight excluding hydrogens is 311 g/mol. The third-order valence-electron chi connectivity index (χ3n) is 3.57. The topological polar surface area (TPSA) is 90.1 Å². The maximum absolute atomic E-state index is 12.4. The van der Waals surface area contributed by atoms with Gasteiger partial charge in [0, 0.05) is 0 Å².